The molecular formula is C17H24N4O2. The first kappa shape index (κ1) is 16.0. The Morgan fingerprint density at radius 2 is 2.17 bits per heavy atom. The maximum Gasteiger partial charge on any atom is 0.292 e. The topological polar surface area (TPSA) is 73.4 Å². The van der Waals surface area contributed by atoms with Gasteiger partial charge in [0.05, 0.1) is 18.3 Å². The number of rotatable bonds is 5. The highest BCUT2D eigenvalue weighted by atomic mass is 16.5. The van der Waals surface area contributed by atoms with E-state index in [1.54, 1.807) is 11.0 Å². The molecule has 1 saturated carbocycles. The van der Waals surface area contributed by atoms with Gasteiger partial charge in [-0.1, -0.05) is 19.0 Å². The highest BCUT2D eigenvalue weighted by Crippen LogP contribution is 2.30. The predicted octanol–water partition coefficient (Wildman–Crippen LogP) is 2.39. The van der Waals surface area contributed by atoms with Gasteiger partial charge < -0.3 is 9.42 Å². The zero-order chi connectivity index (χ0) is 16.4. The molecule has 6 nitrogen and oxygen atoms in total. The Hall–Kier alpha value is -1.87. The molecule has 0 aromatic carbocycles. The normalized spacial score (nSPS) is 22.3. The van der Waals surface area contributed by atoms with Crippen molar-refractivity contribution in [2.75, 3.05) is 19.6 Å². The Morgan fingerprint density at radius 3 is 2.78 bits per heavy atom. The Balaban J connectivity index is 1.67. The molecule has 1 aliphatic carbocycles. The molecule has 3 rings (SSSR count). The van der Waals surface area contributed by atoms with E-state index < -0.39 is 0 Å². The van der Waals surface area contributed by atoms with E-state index in [2.05, 4.69) is 30.0 Å². The molecule has 6 heteroatoms. The van der Waals surface area contributed by atoms with Gasteiger partial charge in [0.1, 0.15) is 6.04 Å². The lowest BCUT2D eigenvalue weighted by atomic mass is 9.99. The maximum atomic E-state index is 12.6. The summed E-state index contributed by atoms with van der Waals surface area (Å²) in [5.41, 5.74) is 0.854. The lowest BCUT2D eigenvalue weighted by Crippen LogP contribution is -2.54. The number of nitrogens with zero attached hydrogens (tertiary/aromatic N) is 4. The Bertz CT molecular complexity index is 598. The van der Waals surface area contributed by atoms with E-state index in [1.165, 1.54) is 12.8 Å². The number of hydrogen-bond donors (Lipinski definition) is 0. The second kappa shape index (κ2) is 6.71. The molecule has 2 heterocycles. The summed E-state index contributed by atoms with van der Waals surface area (Å²) in [5.74, 6) is 0.479. The third-order valence-corrected chi connectivity index (χ3v) is 5.02. The van der Waals surface area contributed by atoms with Crippen LogP contribution in [0.2, 0.25) is 0 Å². The standard InChI is InChI=1S/C17H24N4O2/c1-3-12(4-2)15-9-16(23-19-15)17(22)20-7-8-21(13-5-6-13)14(10-18)11-20/h9,12-14H,3-8,11H2,1-2H3. The molecule has 1 amide bonds. The van der Waals surface area contributed by atoms with Gasteiger partial charge in [-0.05, 0) is 25.7 Å². The third-order valence-electron chi connectivity index (χ3n) is 5.02. The van der Waals surface area contributed by atoms with Crippen molar-refractivity contribution in [3.63, 3.8) is 0 Å². The maximum absolute atomic E-state index is 12.6. The minimum atomic E-state index is -0.207. The van der Waals surface area contributed by atoms with Crippen LogP contribution >= 0.6 is 0 Å². The fourth-order valence-corrected chi connectivity index (χ4v) is 3.38. The average molecular weight is 316 g/mol. The second-order valence-electron chi connectivity index (χ2n) is 6.49. The molecule has 124 valence electrons. The van der Waals surface area contributed by atoms with Crippen LogP contribution in [-0.2, 0) is 0 Å². The van der Waals surface area contributed by atoms with Gasteiger partial charge in [0.15, 0.2) is 0 Å². The molecule has 1 unspecified atom stereocenters. The van der Waals surface area contributed by atoms with Crippen molar-refractivity contribution in [1.82, 2.24) is 15.0 Å². The average Bonchev–Trinajstić information content (AvgIpc) is 3.32. The number of carbonyl (C=O) groups excluding carboxylic acids is 1. The quantitative estimate of drug-likeness (QED) is 0.834. The fraction of sp³-hybridized carbons (Fsp3) is 0.706. The van der Waals surface area contributed by atoms with Gasteiger partial charge in [0, 0.05) is 31.1 Å². The van der Waals surface area contributed by atoms with Crippen molar-refractivity contribution < 1.29 is 9.32 Å². The zero-order valence-corrected chi connectivity index (χ0v) is 13.9. The van der Waals surface area contributed by atoms with Gasteiger partial charge in [0.2, 0.25) is 5.76 Å². The molecule has 1 aliphatic heterocycles. The highest BCUT2D eigenvalue weighted by molar-refractivity contribution is 5.91. The monoisotopic (exact) mass is 316 g/mol. The number of carbonyl (C=O) groups is 1. The van der Waals surface area contributed by atoms with Crippen molar-refractivity contribution >= 4 is 5.91 Å². The van der Waals surface area contributed by atoms with Crippen LogP contribution in [0.25, 0.3) is 0 Å². The summed E-state index contributed by atoms with van der Waals surface area (Å²) in [5, 5.41) is 13.5. The molecule has 1 aromatic rings. The van der Waals surface area contributed by atoms with Gasteiger partial charge in [-0.2, -0.15) is 5.26 Å². The number of amides is 1. The van der Waals surface area contributed by atoms with E-state index in [1.807, 2.05) is 0 Å². The second-order valence-corrected chi connectivity index (χ2v) is 6.49. The van der Waals surface area contributed by atoms with Crippen LogP contribution in [0.3, 0.4) is 0 Å². The Kier molecular flexibility index (Phi) is 4.67. The molecule has 1 saturated heterocycles. The van der Waals surface area contributed by atoms with Gasteiger partial charge in [-0.25, -0.2) is 0 Å². The van der Waals surface area contributed by atoms with Crippen LogP contribution in [-0.4, -0.2) is 52.6 Å². The minimum absolute atomic E-state index is 0.148. The first-order valence-electron chi connectivity index (χ1n) is 8.59. The third kappa shape index (κ3) is 3.25. The van der Waals surface area contributed by atoms with Crippen molar-refractivity contribution in [2.24, 2.45) is 0 Å². The van der Waals surface area contributed by atoms with Crippen LogP contribution in [0.5, 0.6) is 0 Å². The van der Waals surface area contributed by atoms with Gasteiger partial charge in [-0.3, -0.25) is 9.69 Å². The smallest absolute Gasteiger partial charge is 0.292 e. The first-order chi connectivity index (χ1) is 11.2. The largest absolute Gasteiger partial charge is 0.351 e. The van der Waals surface area contributed by atoms with Crippen molar-refractivity contribution in [1.29, 1.82) is 5.26 Å². The van der Waals surface area contributed by atoms with Crippen molar-refractivity contribution in [3.8, 4) is 6.07 Å². The van der Waals surface area contributed by atoms with E-state index in [-0.39, 0.29) is 11.9 Å². The molecule has 2 fully saturated rings. The Labute approximate surface area is 137 Å². The number of piperazine rings is 1. The molecule has 0 spiro atoms. The molecule has 0 N–H and O–H groups in total. The number of nitriles is 1. The lowest BCUT2D eigenvalue weighted by molar-refractivity contribution is 0.0513. The molecule has 2 aliphatic rings. The summed E-state index contributed by atoms with van der Waals surface area (Å²) >= 11 is 0. The van der Waals surface area contributed by atoms with Crippen LogP contribution in [0, 0.1) is 11.3 Å². The number of aromatic nitrogens is 1. The van der Waals surface area contributed by atoms with Gasteiger partial charge in [0.25, 0.3) is 5.91 Å². The van der Waals surface area contributed by atoms with E-state index in [0.717, 1.165) is 25.1 Å². The van der Waals surface area contributed by atoms with E-state index in [4.69, 9.17) is 4.52 Å². The lowest BCUT2D eigenvalue weighted by Gasteiger charge is -2.37. The SMILES string of the molecule is CCC(CC)c1cc(C(=O)N2CCN(C3CC3)C(C#N)C2)on1. The minimum Gasteiger partial charge on any atom is -0.351 e. The van der Waals surface area contributed by atoms with Crippen LogP contribution in [0.15, 0.2) is 10.6 Å². The summed E-state index contributed by atoms with van der Waals surface area (Å²) in [6.07, 6.45) is 4.31. The predicted molar refractivity (Wildman–Crippen MR) is 84.9 cm³/mol. The van der Waals surface area contributed by atoms with E-state index >= 15 is 0 Å². The Morgan fingerprint density at radius 1 is 1.43 bits per heavy atom. The number of hydrogen-bond acceptors (Lipinski definition) is 5. The summed E-state index contributed by atoms with van der Waals surface area (Å²) < 4.78 is 5.28. The van der Waals surface area contributed by atoms with E-state index in [9.17, 15) is 10.1 Å². The zero-order valence-electron chi connectivity index (χ0n) is 13.9. The van der Waals surface area contributed by atoms with Crippen LogP contribution in [0.1, 0.15) is 61.7 Å². The summed E-state index contributed by atoms with van der Waals surface area (Å²) in [6, 6.07) is 4.45. The highest BCUT2D eigenvalue weighted by Gasteiger charge is 2.39. The van der Waals surface area contributed by atoms with Crippen LogP contribution < -0.4 is 0 Å². The van der Waals surface area contributed by atoms with Gasteiger partial charge >= 0.3 is 0 Å². The van der Waals surface area contributed by atoms with Gasteiger partial charge in [-0.15, -0.1) is 0 Å². The molecule has 1 atom stereocenters. The summed E-state index contributed by atoms with van der Waals surface area (Å²) in [6.45, 7) is 6.08. The molecule has 0 radical (unpaired) electrons. The molecule has 0 bridgehead atoms. The summed E-state index contributed by atoms with van der Waals surface area (Å²) in [7, 11) is 0. The first-order valence-corrected chi connectivity index (χ1v) is 8.59. The van der Waals surface area contributed by atoms with Crippen molar-refractivity contribution in [3.05, 3.63) is 17.5 Å². The summed E-state index contributed by atoms with van der Waals surface area (Å²) in [4.78, 5) is 16.6. The van der Waals surface area contributed by atoms with E-state index in [0.29, 0.717) is 30.8 Å². The van der Waals surface area contributed by atoms with Crippen LogP contribution in [0.4, 0.5) is 0 Å². The molecule has 1 aromatic heterocycles. The van der Waals surface area contributed by atoms with Crippen molar-refractivity contribution in [2.45, 2.75) is 57.5 Å². The molecular weight excluding hydrogens is 292 g/mol. The fourth-order valence-electron chi connectivity index (χ4n) is 3.38. The molecule has 23 heavy (non-hydrogen) atoms.